The molecule has 1 aromatic carbocycles. The molecule has 1 aliphatic rings. The summed E-state index contributed by atoms with van der Waals surface area (Å²) in [6.45, 7) is 2.78. The van der Waals surface area contributed by atoms with Gasteiger partial charge in [-0.2, -0.15) is 0 Å². The highest BCUT2D eigenvalue weighted by Crippen LogP contribution is 2.23. The van der Waals surface area contributed by atoms with Gasteiger partial charge in [0.15, 0.2) is 0 Å². The number of amides is 1. The number of likely N-dealkylation sites (tertiary alicyclic amines) is 1. The molecule has 1 saturated heterocycles. The number of halogens is 4. The molecular weight excluding hydrogens is 354 g/mol. The van der Waals surface area contributed by atoms with Crippen molar-refractivity contribution in [3.8, 4) is 0 Å². The van der Waals surface area contributed by atoms with Gasteiger partial charge in [0.25, 0.3) is 5.91 Å². The molecule has 7 heteroatoms. The van der Waals surface area contributed by atoms with E-state index in [1.807, 2.05) is 6.92 Å². The van der Waals surface area contributed by atoms with Crippen molar-refractivity contribution < 1.29 is 13.6 Å². The fourth-order valence-corrected chi connectivity index (χ4v) is 2.65. The largest absolute Gasteiger partial charge is 0.338 e. The maximum absolute atomic E-state index is 13.7. The highest BCUT2D eigenvalue weighted by atomic mass is 79.9. The number of carbonyl (C=O) groups is 1. The first-order valence-corrected chi connectivity index (χ1v) is 6.89. The summed E-state index contributed by atoms with van der Waals surface area (Å²) >= 11 is 2.99. The molecule has 0 saturated carbocycles. The van der Waals surface area contributed by atoms with Crippen molar-refractivity contribution in [2.45, 2.75) is 19.4 Å². The summed E-state index contributed by atoms with van der Waals surface area (Å²) < 4.78 is 27.8. The summed E-state index contributed by atoms with van der Waals surface area (Å²) in [6, 6.07) is 2.22. The Hall–Kier alpha value is -0.720. The minimum Gasteiger partial charge on any atom is -0.338 e. The molecule has 2 unspecified atom stereocenters. The molecule has 20 heavy (non-hydrogen) atoms. The molecule has 2 N–H and O–H groups in total. The summed E-state index contributed by atoms with van der Waals surface area (Å²) in [5.74, 6) is -2.18. The zero-order valence-electron chi connectivity index (χ0n) is 10.9. The Labute approximate surface area is 131 Å². The van der Waals surface area contributed by atoms with Crippen LogP contribution in [0.15, 0.2) is 16.6 Å². The molecular formula is C13H16BrClF2N2O. The van der Waals surface area contributed by atoms with Gasteiger partial charge in [-0.1, -0.05) is 22.9 Å². The second-order valence-electron chi connectivity index (χ2n) is 4.93. The van der Waals surface area contributed by atoms with Crippen molar-refractivity contribution in [3.63, 3.8) is 0 Å². The lowest BCUT2D eigenvalue weighted by Gasteiger charge is -2.35. The first-order valence-electron chi connectivity index (χ1n) is 6.09. The summed E-state index contributed by atoms with van der Waals surface area (Å²) in [4.78, 5) is 13.7. The van der Waals surface area contributed by atoms with Crippen LogP contribution in [0.25, 0.3) is 0 Å². The topological polar surface area (TPSA) is 46.3 Å². The fraction of sp³-hybridized carbons (Fsp3) is 0.462. The van der Waals surface area contributed by atoms with E-state index in [1.165, 1.54) is 4.90 Å². The lowest BCUT2D eigenvalue weighted by Crippen LogP contribution is -2.48. The number of carbonyl (C=O) groups excluding carboxylic acids is 1. The van der Waals surface area contributed by atoms with Crippen LogP contribution in [0, 0.1) is 17.6 Å². The Kier molecular flexibility index (Phi) is 5.91. The monoisotopic (exact) mass is 368 g/mol. The smallest absolute Gasteiger partial charge is 0.259 e. The molecule has 2 atom stereocenters. The van der Waals surface area contributed by atoms with Crippen LogP contribution in [0.2, 0.25) is 0 Å². The SMILES string of the molecule is CC1CN(C(=O)c2c(F)cc(Br)cc2F)CCC1N.Cl. The predicted molar refractivity (Wildman–Crippen MR) is 79.0 cm³/mol. The first-order chi connectivity index (χ1) is 8.90. The molecule has 0 spiro atoms. The number of nitrogens with zero attached hydrogens (tertiary/aromatic N) is 1. The zero-order chi connectivity index (χ0) is 14.2. The van der Waals surface area contributed by atoms with E-state index in [9.17, 15) is 13.6 Å². The Balaban J connectivity index is 0.00000200. The van der Waals surface area contributed by atoms with Gasteiger partial charge in [0, 0.05) is 23.6 Å². The van der Waals surface area contributed by atoms with Gasteiger partial charge < -0.3 is 10.6 Å². The number of hydrogen-bond donors (Lipinski definition) is 1. The van der Waals surface area contributed by atoms with Crippen LogP contribution >= 0.6 is 28.3 Å². The predicted octanol–water partition coefficient (Wildman–Crippen LogP) is 2.96. The van der Waals surface area contributed by atoms with E-state index in [0.29, 0.717) is 19.5 Å². The molecule has 1 fully saturated rings. The number of nitrogens with two attached hydrogens (primary N) is 1. The van der Waals surface area contributed by atoms with E-state index in [2.05, 4.69) is 15.9 Å². The van der Waals surface area contributed by atoms with E-state index < -0.39 is 23.1 Å². The molecule has 0 aromatic heterocycles. The molecule has 1 heterocycles. The summed E-state index contributed by atoms with van der Waals surface area (Å²) in [6.07, 6.45) is 0.646. The van der Waals surface area contributed by atoms with Crippen LogP contribution in [0.5, 0.6) is 0 Å². The maximum atomic E-state index is 13.7. The molecule has 3 nitrogen and oxygen atoms in total. The molecule has 112 valence electrons. The third kappa shape index (κ3) is 3.48. The number of benzene rings is 1. The molecule has 0 bridgehead atoms. The number of hydrogen-bond acceptors (Lipinski definition) is 2. The molecule has 1 amide bonds. The Morgan fingerprint density at radius 3 is 2.45 bits per heavy atom. The zero-order valence-corrected chi connectivity index (χ0v) is 13.3. The number of piperidine rings is 1. The lowest BCUT2D eigenvalue weighted by atomic mass is 9.94. The van der Waals surface area contributed by atoms with Crippen LogP contribution < -0.4 is 5.73 Å². The van der Waals surface area contributed by atoms with Gasteiger partial charge in [-0.05, 0) is 24.5 Å². The van der Waals surface area contributed by atoms with Crippen LogP contribution in [0.3, 0.4) is 0 Å². The van der Waals surface area contributed by atoms with Gasteiger partial charge in [0.1, 0.15) is 17.2 Å². The lowest BCUT2D eigenvalue weighted by molar-refractivity contribution is 0.0654. The molecule has 1 aliphatic heterocycles. The van der Waals surface area contributed by atoms with Crippen molar-refractivity contribution in [2.75, 3.05) is 13.1 Å². The Bertz CT molecular complexity index is 492. The number of rotatable bonds is 1. The Morgan fingerprint density at radius 1 is 1.40 bits per heavy atom. The van der Waals surface area contributed by atoms with E-state index in [0.717, 1.165) is 12.1 Å². The van der Waals surface area contributed by atoms with Crippen molar-refractivity contribution in [1.29, 1.82) is 0 Å². The molecule has 0 radical (unpaired) electrons. The molecule has 1 aromatic rings. The standard InChI is InChI=1S/C13H15BrF2N2O.ClH/c1-7-6-18(3-2-11(7)17)13(19)12-9(15)4-8(14)5-10(12)16;/h4-5,7,11H,2-3,6,17H2,1H3;1H. The van der Waals surface area contributed by atoms with Gasteiger partial charge in [0.2, 0.25) is 0 Å². The van der Waals surface area contributed by atoms with E-state index in [-0.39, 0.29) is 28.8 Å². The first kappa shape index (κ1) is 17.3. The van der Waals surface area contributed by atoms with E-state index in [1.54, 1.807) is 0 Å². The summed E-state index contributed by atoms with van der Waals surface area (Å²) in [5.41, 5.74) is 5.37. The average molecular weight is 370 g/mol. The van der Waals surface area contributed by atoms with Gasteiger partial charge >= 0.3 is 0 Å². The normalized spacial score (nSPS) is 22.4. The Morgan fingerprint density at radius 2 is 1.95 bits per heavy atom. The molecule has 0 aliphatic carbocycles. The van der Waals surface area contributed by atoms with Crippen LogP contribution in [-0.2, 0) is 0 Å². The highest BCUT2D eigenvalue weighted by molar-refractivity contribution is 9.10. The second-order valence-corrected chi connectivity index (χ2v) is 5.84. The minimum absolute atomic E-state index is 0. The van der Waals surface area contributed by atoms with Crippen molar-refractivity contribution in [2.24, 2.45) is 11.7 Å². The van der Waals surface area contributed by atoms with E-state index in [4.69, 9.17) is 5.73 Å². The van der Waals surface area contributed by atoms with E-state index >= 15 is 0 Å². The minimum atomic E-state index is -0.848. The quantitative estimate of drug-likeness (QED) is 0.827. The fourth-order valence-electron chi connectivity index (χ4n) is 2.25. The maximum Gasteiger partial charge on any atom is 0.259 e. The molecule has 2 rings (SSSR count). The van der Waals surface area contributed by atoms with Gasteiger partial charge in [-0.25, -0.2) is 8.78 Å². The second kappa shape index (κ2) is 6.83. The highest BCUT2D eigenvalue weighted by Gasteiger charge is 2.30. The van der Waals surface area contributed by atoms with Gasteiger partial charge in [-0.15, -0.1) is 12.4 Å². The van der Waals surface area contributed by atoms with Crippen molar-refractivity contribution in [1.82, 2.24) is 4.90 Å². The van der Waals surface area contributed by atoms with Crippen molar-refractivity contribution in [3.05, 3.63) is 33.8 Å². The summed E-state index contributed by atoms with van der Waals surface area (Å²) in [7, 11) is 0. The van der Waals surface area contributed by atoms with Crippen LogP contribution in [0.1, 0.15) is 23.7 Å². The third-order valence-corrected chi connectivity index (χ3v) is 3.94. The average Bonchev–Trinajstić information content (AvgIpc) is 2.31. The summed E-state index contributed by atoms with van der Waals surface area (Å²) in [5, 5.41) is 0. The van der Waals surface area contributed by atoms with Crippen LogP contribution in [-0.4, -0.2) is 29.9 Å². The van der Waals surface area contributed by atoms with Crippen molar-refractivity contribution >= 4 is 34.2 Å². The van der Waals surface area contributed by atoms with Crippen LogP contribution in [0.4, 0.5) is 8.78 Å². The third-order valence-electron chi connectivity index (χ3n) is 3.48. The van der Waals surface area contributed by atoms with Gasteiger partial charge in [-0.3, -0.25) is 4.79 Å². The van der Waals surface area contributed by atoms with Gasteiger partial charge in [0.05, 0.1) is 0 Å².